The quantitative estimate of drug-likeness (QED) is 0.318. The second kappa shape index (κ2) is 10.4. The van der Waals surface area contributed by atoms with Crippen LogP contribution in [0, 0.1) is 12.3 Å². The van der Waals surface area contributed by atoms with Gasteiger partial charge in [0.1, 0.15) is 6.04 Å². The molecule has 0 radical (unpaired) electrons. The van der Waals surface area contributed by atoms with Crippen molar-refractivity contribution in [1.82, 2.24) is 25.9 Å². The van der Waals surface area contributed by atoms with Crippen LogP contribution in [0.25, 0.3) is 11.2 Å². The van der Waals surface area contributed by atoms with Crippen LogP contribution in [0.3, 0.4) is 0 Å². The molecule has 3 heterocycles. The topological polar surface area (TPSA) is 140 Å². The van der Waals surface area contributed by atoms with E-state index in [0.717, 1.165) is 5.56 Å². The van der Waals surface area contributed by atoms with Crippen molar-refractivity contribution in [3.8, 4) is 0 Å². The number of pyridine rings is 1. The number of aryl methyl sites for hydroxylation is 1. The number of oxazole rings is 1. The van der Waals surface area contributed by atoms with Gasteiger partial charge in [-0.3, -0.25) is 10.1 Å². The van der Waals surface area contributed by atoms with Gasteiger partial charge in [0.15, 0.2) is 5.58 Å². The Morgan fingerprint density at radius 3 is 2.86 bits per heavy atom. The first kappa shape index (κ1) is 24.0. The van der Waals surface area contributed by atoms with Gasteiger partial charge in [0.25, 0.3) is 5.91 Å². The van der Waals surface area contributed by atoms with Crippen molar-refractivity contribution in [3.05, 3.63) is 75.7 Å². The number of anilines is 1. The summed E-state index contributed by atoms with van der Waals surface area (Å²) in [4.78, 5) is 26.5. The third kappa shape index (κ3) is 5.33. The minimum Gasteiger partial charge on any atom is -0.421 e. The average Bonchev–Trinajstić information content (AvgIpc) is 3.23. The number of fused-ring (bicyclic) bond motifs is 1. The molecule has 0 saturated heterocycles. The number of benzene rings is 1. The number of rotatable bonds is 7. The zero-order valence-corrected chi connectivity index (χ0v) is 20.2. The van der Waals surface area contributed by atoms with Gasteiger partial charge in [-0.05, 0) is 37.6 Å². The lowest BCUT2D eigenvalue weighted by Crippen LogP contribution is -2.39. The van der Waals surface area contributed by atoms with E-state index in [1.54, 1.807) is 38.5 Å². The Bertz CT molecular complexity index is 1340. The number of hydrogen-bond donors (Lipinski definition) is 5. The molecule has 1 aromatic carbocycles. The molecule has 4 rings (SSSR count). The molecule has 1 unspecified atom stereocenters. The molecule has 1 amide bonds. The van der Waals surface area contributed by atoms with Crippen molar-refractivity contribution in [3.63, 3.8) is 0 Å². The highest BCUT2D eigenvalue weighted by Gasteiger charge is 2.31. The van der Waals surface area contributed by atoms with E-state index in [2.05, 4.69) is 31.2 Å². The molecule has 10 nitrogen and oxygen atoms in total. The maximum absolute atomic E-state index is 13.3. The maximum Gasteiger partial charge on any atom is 0.304 e. The minimum atomic E-state index is -0.689. The van der Waals surface area contributed by atoms with Crippen LogP contribution in [0.15, 0.2) is 69.0 Å². The van der Waals surface area contributed by atoms with Gasteiger partial charge in [0.2, 0.25) is 11.6 Å². The molecule has 11 heteroatoms. The molecule has 5 N–H and O–H groups in total. The highest BCUT2D eigenvalue weighted by molar-refractivity contribution is 6.31. The lowest BCUT2D eigenvalue weighted by atomic mass is 9.95. The molecule has 1 aliphatic heterocycles. The van der Waals surface area contributed by atoms with Crippen LogP contribution in [0.4, 0.5) is 6.01 Å². The molecule has 3 aromatic rings. The van der Waals surface area contributed by atoms with E-state index in [4.69, 9.17) is 26.4 Å². The fourth-order valence-electron chi connectivity index (χ4n) is 3.64. The molecule has 35 heavy (non-hydrogen) atoms. The summed E-state index contributed by atoms with van der Waals surface area (Å²) < 4.78 is 5.70. The average molecular weight is 493 g/mol. The van der Waals surface area contributed by atoms with Crippen LogP contribution in [-0.2, 0) is 4.79 Å². The van der Waals surface area contributed by atoms with Crippen LogP contribution in [0.2, 0.25) is 5.02 Å². The molecule has 1 aliphatic rings. The molecular weight excluding hydrogens is 468 g/mol. The first-order valence-electron chi connectivity index (χ1n) is 10.8. The lowest BCUT2D eigenvalue weighted by Gasteiger charge is -2.27. The van der Waals surface area contributed by atoms with E-state index in [9.17, 15) is 4.79 Å². The van der Waals surface area contributed by atoms with E-state index >= 15 is 0 Å². The number of aliphatic imine (C=N–C) groups is 1. The zero-order valence-electron chi connectivity index (χ0n) is 19.4. The maximum atomic E-state index is 13.3. The summed E-state index contributed by atoms with van der Waals surface area (Å²) in [6.45, 7) is 3.91. The number of nitrogens with zero attached hydrogens (tertiary/aromatic N) is 3. The number of carbonyl (C=O) groups is 1. The Hall–Kier alpha value is -4.18. The Kier molecular flexibility index (Phi) is 7.11. The standard InChI is InChI=1S/C24H25ClN8O2/c1-13-6-7-16(17(25)9-13)20-19(22(34)29-12-15(10-26)11-27-3)14(2)30-23(31-20)33-24-32-21-18(35-24)5-4-8-28-21/h4-11,20,26-27H,12H2,1-3H3,(H,29,34)(H2,28,30,31,32,33)/b15-11+,26-10?. The fraction of sp³-hybridized carbons (Fsp3) is 0.208. The Labute approximate surface area is 207 Å². The Morgan fingerprint density at radius 2 is 2.14 bits per heavy atom. The SMILES string of the molecule is CN/C=C(\C=N)CNC(=O)C1=C(C)NC(Nc2nc3ncccc3o2)=NC1c1ccc(C)cc1Cl. The molecule has 0 saturated carbocycles. The van der Waals surface area contributed by atoms with Crippen molar-refractivity contribution in [2.24, 2.45) is 4.99 Å². The molecule has 0 aliphatic carbocycles. The smallest absolute Gasteiger partial charge is 0.304 e. The van der Waals surface area contributed by atoms with Crippen molar-refractivity contribution in [2.75, 3.05) is 18.9 Å². The van der Waals surface area contributed by atoms with E-state index < -0.39 is 6.04 Å². The first-order chi connectivity index (χ1) is 16.9. The van der Waals surface area contributed by atoms with Gasteiger partial charge in [0, 0.05) is 54.1 Å². The highest BCUT2D eigenvalue weighted by Crippen LogP contribution is 2.35. The molecule has 2 aromatic heterocycles. The van der Waals surface area contributed by atoms with Crippen LogP contribution < -0.4 is 21.3 Å². The summed E-state index contributed by atoms with van der Waals surface area (Å²) in [5, 5.41) is 19.9. The van der Waals surface area contributed by atoms with E-state index in [1.165, 1.54) is 6.21 Å². The normalized spacial score (nSPS) is 15.9. The summed E-state index contributed by atoms with van der Waals surface area (Å²) in [6, 6.07) is 8.68. The van der Waals surface area contributed by atoms with Gasteiger partial charge < -0.3 is 25.8 Å². The summed E-state index contributed by atoms with van der Waals surface area (Å²) in [6.07, 6.45) is 4.46. The van der Waals surface area contributed by atoms with E-state index in [-0.39, 0.29) is 18.5 Å². The van der Waals surface area contributed by atoms with Gasteiger partial charge in [0.05, 0.1) is 5.57 Å². The number of halogens is 1. The van der Waals surface area contributed by atoms with Crippen molar-refractivity contribution >= 4 is 46.9 Å². The van der Waals surface area contributed by atoms with E-state index in [0.29, 0.717) is 44.6 Å². The van der Waals surface area contributed by atoms with Gasteiger partial charge >= 0.3 is 6.01 Å². The number of nitrogens with one attached hydrogen (secondary N) is 5. The summed E-state index contributed by atoms with van der Waals surface area (Å²) in [5.74, 6) is 0.0249. The van der Waals surface area contributed by atoms with Crippen LogP contribution in [0.1, 0.15) is 24.1 Å². The number of hydrogen-bond acceptors (Lipinski definition) is 9. The number of guanidine groups is 1. The van der Waals surface area contributed by atoms with Crippen LogP contribution in [-0.4, -0.2) is 41.6 Å². The van der Waals surface area contributed by atoms with Gasteiger partial charge in [-0.15, -0.1) is 0 Å². The second-order valence-corrected chi connectivity index (χ2v) is 8.28. The minimum absolute atomic E-state index is 0.180. The van der Waals surface area contributed by atoms with Crippen molar-refractivity contribution in [1.29, 1.82) is 5.41 Å². The third-order valence-electron chi connectivity index (χ3n) is 5.30. The Morgan fingerprint density at radius 1 is 1.31 bits per heavy atom. The second-order valence-electron chi connectivity index (χ2n) is 7.87. The number of carbonyl (C=O) groups excluding carboxylic acids is 1. The largest absolute Gasteiger partial charge is 0.421 e. The zero-order chi connectivity index (χ0) is 24.9. The monoisotopic (exact) mass is 492 g/mol. The molecule has 0 fully saturated rings. The van der Waals surface area contributed by atoms with Crippen LogP contribution in [0.5, 0.6) is 0 Å². The predicted octanol–water partition coefficient (Wildman–Crippen LogP) is 3.44. The summed E-state index contributed by atoms with van der Waals surface area (Å²) in [7, 11) is 1.73. The number of allylic oxidation sites excluding steroid dienone is 1. The van der Waals surface area contributed by atoms with Crippen molar-refractivity contribution in [2.45, 2.75) is 19.9 Å². The molecule has 1 atom stereocenters. The molecule has 0 spiro atoms. The molecule has 0 bridgehead atoms. The van der Waals surface area contributed by atoms with Gasteiger partial charge in [-0.25, -0.2) is 9.98 Å². The lowest BCUT2D eigenvalue weighted by molar-refractivity contribution is -0.117. The number of aromatic nitrogens is 2. The predicted molar refractivity (Wildman–Crippen MR) is 137 cm³/mol. The van der Waals surface area contributed by atoms with Gasteiger partial charge in [-0.1, -0.05) is 23.7 Å². The molecular formula is C24H25ClN8O2. The summed E-state index contributed by atoms with van der Waals surface area (Å²) >= 11 is 6.58. The summed E-state index contributed by atoms with van der Waals surface area (Å²) in [5.41, 5.74) is 4.29. The number of amides is 1. The Balaban J connectivity index is 1.67. The van der Waals surface area contributed by atoms with Crippen LogP contribution >= 0.6 is 11.6 Å². The first-order valence-corrected chi connectivity index (χ1v) is 11.2. The van der Waals surface area contributed by atoms with Gasteiger partial charge in [-0.2, -0.15) is 4.98 Å². The third-order valence-corrected chi connectivity index (χ3v) is 5.62. The fourth-order valence-corrected chi connectivity index (χ4v) is 3.98. The van der Waals surface area contributed by atoms with Crippen molar-refractivity contribution < 1.29 is 9.21 Å². The molecule has 180 valence electrons. The highest BCUT2D eigenvalue weighted by atomic mass is 35.5. The van der Waals surface area contributed by atoms with E-state index in [1.807, 2.05) is 25.1 Å².